The van der Waals surface area contributed by atoms with Crippen LogP contribution in [0.1, 0.15) is 11.1 Å². The van der Waals surface area contributed by atoms with Crippen LogP contribution in [0.2, 0.25) is 5.02 Å². The first kappa shape index (κ1) is 12.9. The van der Waals surface area contributed by atoms with Gasteiger partial charge in [0, 0.05) is 17.5 Å². The zero-order chi connectivity index (χ0) is 14.3. The summed E-state index contributed by atoms with van der Waals surface area (Å²) in [6.45, 7) is 4.03. The fourth-order valence-electron chi connectivity index (χ4n) is 2.21. The largest absolute Gasteiger partial charge is 0.454 e. The van der Waals surface area contributed by atoms with E-state index in [1.807, 2.05) is 45.2 Å². The van der Waals surface area contributed by atoms with Gasteiger partial charge in [-0.25, -0.2) is 0 Å². The van der Waals surface area contributed by atoms with Gasteiger partial charge in [0.1, 0.15) is 11.3 Å². The van der Waals surface area contributed by atoms with Gasteiger partial charge in [0.25, 0.3) is 0 Å². The quantitative estimate of drug-likeness (QED) is 0.767. The lowest BCUT2D eigenvalue weighted by atomic mass is 10.1. The van der Waals surface area contributed by atoms with Crippen molar-refractivity contribution in [3.8, 4) is 11.5 Å². The molecule has 0 aliphatic carbocycles. The van der Waals surface area contributed by atoms with E-state index in [0.717, 1.165) is 33.6 Å². The molecular formula is C15H14ClN3O. The summed E-state index contributed by atoms with van der Waals surface area (Å²) in [5.74, 6) is 1.49. The predicted octanol–water partition coefficient (Wildman–Crippen LogP) is 4.20. The molecule has 0 atom stereocenters. The molecule has 3 aromatic rings. The highest BCUT2D eigenvalue weighted by Crippen LogP contribution is 2.31. The molecule has 2 aromatic heterocycles. The highest BCUT2D eigenvalue weighted by atomic mass is 35.5. The topological polar surface area (TPSA) is 51.0 Å². The summed E-state index contributed by atoms with van der Waals surface area (Å²) in [7, 11) is 1.83. The maximum atomic E-state index is 5.99. The Bertz CT molecular complexity index is 795. The van der Waals surface area contributed by atoms with Crippen LogP contribution in [-0.4, -0.2) is 17.2 Å². The lowest BCUT2D eigenvalue weighted by Gasteiger charge is -2.08. The number of hydrogen-bond donors (Lipinski definition) is 1. The number of nitrogens with zero attached hydrogens (tertiary/aromatic N) is 2. The minimum Gasteiger partial charge on any atom is -0.454 e. The summed E-state index contributed by atoms with van der Waals surface area (Å²) < 4.78 is 5.84. The summed E-state index contributed by atoms with van der Waals surface area (Å²) in [5.41, 5.74) is 3.67. The Labute approximate surface area is 121 Å². The molecule has 0 unspecified atom stereocenters. The molecule has 0 aliphatic heterocycles. The first-order valence-corrected chi connectivity index (χ1v) is 6.69. The minimum atomic E-state index is 0.689. The number of benzene rings is 1. The first-order chi connectivity index (χ1) is 9.60. The van der Waals surface area contributed by atoms with Gasteiger partial charge in [-0.05, 0) is 49.2 Å². The van der Waals surface area contributed by atoms with E-state index >= 15 is 0 Å². The van der Waals surface area contributed by atoms with E-state index in [0.29, 0.717) is 10.8 Å². The molecule has 1 N–H and O–H groups in total. The smallest absolute Gasteiger partial charge is 0.155 e. The van der Waals surface area contributed by atoms with Crippen molar-refractivity contribution >= 4 is 28.4 Å². The molecule has 0 aliphatic rings. The van der Waals surface area contributed by atoms with Crippen molar-refractivity contribution in [2.45, 2.75) is 13.8 Å². The van der Waals surface area contributed by atoms with E-state index in [2.05, 4.69) is 15.5 Å². The van der Waals surface area contributed by atoms with Crippen molar-refractivity contribution in [2.24, 2.45) is 0 Å². The Morgan fingerprint density at radius 3 is 2.65 bits per heavy atom. The van der Waals surface area contributed by atoms with Crippen molar-refractivity contribution in [1.29, 1.82) is 0 Å². The van der Waals surface area contributed by atoms with E-state index in [-0.39, 0.29) is 0 Å². The summed E-state index contributed by atoms with van der Waals surface area (Å²) in [6.07, 6.45) is 0. The molecule has 20 heavy (non-hydrogen) atoms. The molecule has 102 valence electrons. The number of aromatic nitrogens is 2. The fraction of sp³-hybridized carbons (Fsp3) is 0.200. The van der Waals surface area contributed by atoms with Gasteiger partial charge in [-0.1, -0.05) is 11.6 Å². The molecule has 0 saturated carbocycles. The number of furan rings is 1. The van der Waals surface area contributed by atoms with Crippen molar-refractivity contribution in [3.63, 3.8) is 0 Å². The Kier molecular flexibility index (Phi) is 3.10. The number of anilines is 1. The average Bonchev–Trinajstić information content (AvgIpc) is 2.84. The van der Waals surface area contributed by atoms with Gasteiger partial charge in [-0.2, -0.15) is 0 Å². The maximum absolute atomic E-state index is 5.99. The second-order valence-corrected chi connectivity index (χ2v) is 5.13. The summed E-state index contributed by atoms with van der Waals surface area (Å²) in [4.78, 5) is 0. The van der Waals surface area contributed by atoms with Crippen LogP contribution in [0.25, 0.3) is 22.4 Å². The van der Waals surface area contributed by atoms with Crippen LogP contribution in [0.3, 0.4) is 0 Å². The Morgan fingerprint density at radius 2 is 1.90 bits per heavy atom. The zero-order valence-corrected chi connectivity index (χ0v) is 12.2. The van der Waals surface area contributed by atoms with Gasteiger partial charge in [0.05, 0.1) is 0 Å². The van der Waals surface area contributed by atoms with Gasteiger partial charge in [0.2, 0.25) is 0 Å². The normalized spacial score (nSPS) is 11.0. The van der Waals surface area contributed by atoms with Gasteiger partial charge in [0.15, 0.2) is 11.6 Å². The van der Waals surface area contributed by atoms with Crippen LogP contribution >= 0.6 is 11.6 Å². The molecule has 0 radical (unpaired) electrons. The molecule has 0 saturated heterocycles. The van der Waals surface area contributed by atoms with Crippen LogP contribution in [0, 0.1) is 13.8 Å². The van der Waals surface area contributed by atoms with Crippen LogP contribution in [0.15, 0.2) is 28.7 Å². The van der Waals surface area contributed by atoms with Crippen LogP contribution in [0.5, 0.6) is 0 Å². The van der Waals surface area contributed by atoms with Crippen molar-refractivity contribution in [1.82, 2.24) is 10.2 Å². The number of hydrogen-bond acceptors (Lipinski definition) is 4. The van der Waals surface area contributed by atoms with Gasteiger partial charge >= 0.3 is 0 Å². The molecule has 0 fully saturated rings. The number of nitrogens with one attached hydrogen (secondary N) is 1. The zero-order valence-electron chi connectivity index (χ0n) is 11.5. The highest BCUT2D eigenvalue weighted by Gasteiger charge is 2.14. The van der Waals surface area contributed by atoms with E-state index in [9.17, 15) is 0 Å². The second-order valence-electron chi connectivity index (χ2n) is 4.69. The van der Waals surface area contributed by atoms with Gasteiger partial charge in [-0.15, -0.1) is 10.2 Å². The Morgan fingerprint density at radius 1 is 1.10 bits per heavy atom. The van der Waals surface area contributed by atoms with Crippen LogP contribution in [-0.2, 0) is 0 Å². The summed E-state index contributed by atoms with van der Waals surface area (Å²) >= 11 is 5.99. The third-order valence-corrected chi connectivity index (χ3v) is 3.71. The number of rotatable bonds is 2. The van der Waals surface area contributed by atoms with Gasteiger partial charge < -0.3 is 9.73 Å². The monoisotopic (exact) mass is 287 g/mol. The van der Waals surface area contributed by atoms with Crippen LogP contribution < -0.4 is 5.32 Å². The third-order valence-electron chi connectivity index (χ3n) is 3.47. The molecule has 2 heterocycles. The Balaban J connectivity index is 2.18. The van der Waals surface area contributed by atoms with Crippen molar-refractivity contribution in [3.05, 3.63) is 40.4 Å². The molecule has 3 rings (SSSR count). The van der Waals surface area contributed by atoms with Crippen LogP contribution in [0.4, 0.5) is 5.82 Å². The standard InChI is InChI=1S/C15H14ClN3O/c1-8-9(2)15(17-3)19-18-14(8)13-7-10-6-11(16)4-5-12(10)20-13/h4-7H,1-3H3,(H,17,19). The predicted molar refractivity (Wildman–Crippen MR) is 81.3 cm³/mol. The molecule has 0 bridgehead atoms. The lowest BCUT2D eigenvalue weighted by Crippen LogP contribution is -2.02. The molecular weight excluding hydrogens is 274 g/mol. The molecule has 0 amide bonds. The number of fused-ring (bicyclic) bond motifs is 1. The highest BCUT2D eigenvalue weighted by molar-refractivity contribution is 6.31. The second kappa shape index (κ2) is 4.80. The van der Waals surface area contributed by atoms with Crippen molar-refractivity contribution in [2.75, 3.05) is 12.4 Å². The summed E-state index contributed by atoms with van der Waals surface area (Å²) in [5, 5.41) is 13.1. The molecule has 0 spiro atoms. The van der Waals surface area contributed by atoms with E-state index < -0.39 is 0 Å². The SMILES string of the molecule is CNc1nnc(-c2cc3cc(Cl)ccc3o2)c(C)c1C. The van der Waals surface area contributed by atoms with Gasteiger partial charge in [-0.3, -0.25) is 0 Å². The molecule has 1 aromatic carbocycles. The Hall–Kier alpha value is -2.07. The molecule has 4 nitrogen and oxygen atoms in total. The lowest BCUT2D eigenvalue weighted by molar-refractivity contribution is 0.626. The maximum Gasteiger partial charge on any atom is 0.155 e. The first-order valence-electron chi connectivity index (χ1n) is 6.31. The summed E-state index contributed by atoms with van der Waals surface area (Å²) in [6, 6.07) is 7.49. The van der Waals surface area contributed by atoms with E-state index in [1.165, 1.54) is 0 Å². The van der Waals surface area contributed by atoms with E-state index in [4.69, 9.17) is 16.0 Å². The third kappa shape index (κ3) is 2.02. The fourth-order valence-corrected chi connectivity index (χ4v) is 2.39. The average molecular weight is 288 g/mol. The minimum absolute atomic E-state index is 0.689. The molecule has 5 heteroatoms. The van der Waals surface area contributed by atoms with E-state index in [1.54, 1.807) is 0 Å². The van der Waals surface area contributed by atoms with Crippen molar-refractivity contribution < 1.29 is 4.42 Å². The number of halogens is 1.